The van der Waals surface area contributed by atoms with E-state index in [0.717, 1.165) is 31.8 Å². The first kappa shape index (κ1) is 14.6. The molecule has 0 saturated carbocycles. The van der Waals surface area contributed by atoms with Gasteiger partial charge < -0.3 is 10.2 Å². The van der Waals surface area contributed by atoms with Gasteiger partial charge >= 0.3 is 0 Å². The van der Waals surface area contributed by atoms with Gasteiger partial charge in [0.1, 0.15) is 0 Å². The molecule has 3 rings (SSSR count). The number of carbonyl (C=O) groups is 1. The van der Waals surface area contributed by atoms with Crippen LogP contribution in [0.5, 0.6) is 0 Å². The zero-order valence-electron chi connectivity index (χ0n) is 13.0. The Labute approximate surface area is 127 Å². The van der Waals surface area contributed by atoms with Crippen molar-refractivity contribution < 1.29 is 9.69 Å². The molecule has 1 unspecified atom stereocenters. The molecule has 1 heterocycles. The van der Waals surface area contributed by atoms with Gasteiger partial charge in [-0.05, 0) is 43.2 Å². The van der Waals surface area contributed by atoms with Crippen molar-refractivity contribution in [2.24, 2.45) is 5.92 Å². The maximum Gasteiger partial charge on any atom is 0.275 e. The van der Waals surface area contributed by atoms with Crippen LogP contribution in [0.25, 0.3) is 0 Å². The monoisotopic (exact) mass is 287 g/mol. The molecular weight excluding hydrogens is 260 g/mol. The maximum atomic E-state index is 12.4. The van der Waals surface area contributed by atoms with E-state index in [0.29, 0.717) is 6.54 Å². The SMILES string of the molecule is C[C@@H]1CCC[NH+](CC(=O)N[C@@H]2CCCc3ccccc32)C1. The second kappa shape index (κ2) is 6.61. The van der Waals surface area contributed by atoms with Gasteiger partial charge in [-0.1, -0.05) is 31.2 Å². The van der Waals surface area contributed by atoms with Crippen LogP contribution in [0, 0.1) is 5.92 Å². The van der Waals surface area contributed by atoms with Gasteiger partial charge in [0.05, 0.1) is 19.1 Å². The number of hydrogen-bond acceptors (Lipinski definition) is 1. The van der Waals surface area contributed by atoms with E-state index in [4.69, 9.17) is 0 Å². The van der Waals surface area contributed by atoms with E-state index in [2.05, 4.69) is 36.5 Å². The Morgan fingerprint density at radius 3 is 3.00 bits per heavy atom. The topological polar surface area (TPSA) is 33.5 Å². The van der Waals surface area contributed by atoms with Crippen molar-refractivity contribution in [3.8, 4) is 0 Å². The molecule has 0 spiro atoms. The highest BCUT2D eigenvalue weighted by atomic mass is 16.2. The van der Waals surface area contributed by atoms with Gasteiger partial charge in [-0.3, -0.25) is 4.79 Å². The molecule has 2 aliphatic rings. The van der Waals surface area contributed by atoms with E-state index in [9.17, 15) is 4.79 Å². The molecule has 0 bridgehead atoms. The smallest absolute Gasteiger partial charge is 0.275 e. The van der Waals surface area contributed by atoms with Crippen LogP contribution in [0.15, 0.2) is 24.3 Å². The van der Waals surface area contributed by atoms with Crippen LogP contribution >= 0.6 is 0 Å². The molecule has 2 N–H and O–H groups in total. The predicted molar refractivity (Wildman–Crippen MR) is 84.2 cm³/mol. The number of fused-ring (bicyclic) bond motifs is 1. The Balaban J connectivity index is 1.58. The number of likely N-dealkylation sites (tertiary alicyclic amines) is 1. The molecule has 114 valence electrons. The number of aryl methyl sites for hydroxylation is 1. The number of rotatable bonds is 3. The summed E-state index contributed by atoms with van der Waals surface area (Å²) in [6.07, 6.45) is 5.98. The number of nitrogens with one attached hydrogen (secondary N) is 2. The average molecular weight is 287 g/mol. The van der Waals surface area contributed by atoms with Crippen molar-refractivity contribution in [2.45, 2.75) is 45.1 Å². The molecule has 0 aromatic heterocycles. The van der Waals surface area contributed by atoms with Crippen LogP contribution in [0.2, 0.25) is 0 Å². The maximum absolute atomic E-state index is 12.4. The van der Waals surface area contributed by atoms with Crippen molar-refractivity contribution in [1.29, 1.82) is 0 Å². The number of quaternary nitrogens is 1. The summed E-state index contributed by atoms with van der Waals surface area (Å²) in [5.41, 5.74) is 2.74. The number of benzene rings is 1. The molecular formula is C18H27N2O+. The first-order valence-electron chi connectivity index (χ1n) is 8.43. The molecule has 21 heavy (non-hydrogen) atoms. The van der Waals surface area contributed by atoms with E-state index in [1.54, 1.807) is 0 Å². The highest BCUT2D eigenvalue weighted by Crippen LogP contribution is 2.29. The minimum atomic E-state index is 0.223. The van der Waals surface area contributed by atoms with E-state index in [1.807, 2.05) is 0 Å². The number of carbonyl (C=O) groups excluding carboxylic acids is 1. The first-order valence-corrected chi connectivity index (χ1v) is 8.43. The highest BCUT2D eigenvalue weighted by Gasteiger charge is 2.25. The number of amides is 1. The molecule has 1 fully saturated rings. The second-order valence-corrected chi connectivity index (χ2v) is 6.84. The second-order valence-electron chi connectivity index (χ2n) is 6.84. The average Bonchev–Trinajstić information content (AvgIpc) is 2.47. The summed E-state index contributed by atoms with van der Waals surface area (Å²) in [4.78, 5) is 13.8. The standard InChI is InChI=1S/C18H26N2O/c1-14-6-5-11-20(12-14)13-18(21)19-17-10-4-8-15-7-2-3-9-16(15)17/h2-3,7,9,14,17H,4-6,8,10-13H2,1H3,(H,19,21)/p+1/t14-,17-/m1/s1. The van der Waals surface area contributed by atoms with Crippen LogP contribution < -0.4 is 10.2 Å². The molecule has 3 atom stereocenters. The zero-order chi connectivity index (χ0) is 14.7. The minimum Gasteiger partial charge on any atom is -0.344 e. The van der Waals surface area contributed by atoms with Crippen molar-refractivity contribution >= 4 is 5.91 Å². The summed E-state index contributed by atoms with van der Waals surface area (Å²) in [7, 11) is 0. The van der Waals surface area contributed by atoms with Crippen molar-refractivity contribution in [1.82, 2.24) is 5.32 Å². The lowest BCUT2D eigenvalue weighted by Crippen LogP contribution is -3.14. The van der Waals surface area contributed by atoms with Gasteiger partial charge in [0.25, 0.3) is 5.91 Å². The molecule has 1 saturated heterocycles. The summed E-state index contributed by atoms with van der Waals surface area (Å²) in [5.74, 6) is 0.984. The quantitative estimate of drug-likeness (QED) is 0.868. The van der Waals surface area contributed by atoms with Crippen LogP contribution in [-0.4, -0.2) is 25.5 Å². The van der Waals surface area contributed by atoms with E-state index in [1.165, 1.54) is 35.3 Å². The highest BCUT2D eigenvalue weighted by molar-refractivity contribution is 5.77. The molecule has 1 aliphatic carbocycles. The molecule has 3 nitrogen and oxygen atoms in total. The van der Waals surface area contributed by atoms with Gasteiger partial charge in [-0.15, -0.1) is 0 Å². The largest absolute Gasteiger partial charge is 0.344 e. The zero-order valence-corrected chi connectivity index (χ0v) is 13.0. The first-order chi connectivity index (χ1) is 10.2. The van der Waals surface area contributed by atoms with E-state index >= 15 is 0 Å². The third kappa shape index (κ3) is 3.65. The van der Waals surface area contributed by atoms with Gasteiger partial charge in [-0.2, -0.15) is 0 Å². The summed E-state index contributed by atoms with van der Waals surface area (Å²) in [6.45, 7) is 5.24. The van der Waals surface area contributed by atoms with Crippen LogP contribution in [0.3, 0.4) is 0 Å². The van der Waals surface area contributed by atoms with Crippen molar-refractivity contribution in [3.05, 3.63) is 35.4 Å². The van der Waals surface area contributed by atoms with E-state index < -0.39 is 0 Å². The predicted octanol–water partition coefficient (Wildman–Crippen LogP) is 1.49. The van der Waals surface area contributed by atoms with E-state index in [-0.39, 0.29) is 11.9 Å². The molecule has 3 heteroatoms. The van der Waals surface area contributed by atoms with Crippen LogP contribution in [0.1, 0.15) is 49.8 Å². The lowest BCUT2D eigenvalue weighted by Gasteiger charge is -2.29. The summed E-state index contributed by atoms with van der Waals surface area (Å²) >= 11 is 0. The molecule has 1 amide bonds. The van der Waals surface area contributed by atoms with Crippen molar-refractivity contribution in [2.75, 3.05) is 19.6 Å². The lowest BCUT2D eigenvalue weighted by atomic mass is 9.88. The van der Waals surface area contributed by atoms with Crippen LogP contribution in [-0.2, 0) is 11.2 Å². The van der Waals surface area contributed by atoms with Gasteiger partial charge in [-0.25, -0.2) is 0 Å². The lowest BCUT2D eigenvalue weighted by molar-refractivity contribution is -0.900. The Morgan fingerprint density at radius 1 is 1.29 bits per heavy atom. The van der Waals surface area contributed by atoms with Crippen LogP contribution in [0.4, 0.5) is 0 Å². The van der Waals surface area contributed by atoms with Gasteiger partial charge in [0, 0.05) is 5.92 Å². The number of hydrogen-bond donors (Lipinski definition) is 2. The van der Waals surface area contributed by atoms with Crippen molar-refractivity contribution in [3.63, 3.8) is 0 Å². The fourth-order valence-electron chi connectivity index (χ4n) is 3.93. The third-order valence-corrected chi connectivity index (χ3v) is 4.98. The minimum absolute atomic E-state index is 0.223. The molecule has 1 aromatic rings. The Kier molecular flexibility index (Phi) is 4.59. The Morgan fingerprint density at radius 2 is 2.14 bits per heavy atom. The van der Waals surface area contributed by atoms with Gasteiger partial charge in [0.15, 0.2) is 6.54 Å². The Bertz CT molecular complexity index is 500. The normalized spacial score (nSPS) is 28.7. The summed E-state index contributed by atoms with van der Waals surface area (Å²) in [6, 6.07) is 8.79. The van der Waals surface area contributed by atoms with Gasteiger partial charge in [0.2, 0.25) is 0 Å². The summed E-state index contributed by atoms with van der Waals surface area (Å²) < 4.78 is 0. The third-order valence-electron chi connectivity index (χ3n) is 4.98. The molecule has 1 aliphatic heterocycles. The molecule has 1 aromatic carbocycles. The summed E-state index contributed by atoms with van der Waals surface area (Å²) in [5, 5.41) is 3.28. The fourth-order valence-corrected chi connectivity index (χ4v) is 3.93. The fraction of sp³-hybridized carbons (Fsp3) is 0.611. The Hall–Kier alpha value is -1.35. The number of piperidine rings is 1. The molecule has 0 radical (unpaired) electrons.